The molecule has 0 amide bonds. The first-order valence-corrected chi connectivity index (χ1v) is 9.32. The van der Waals surface area contributed by atoms with Crippen LogP contribution in [0.15, 0.2) is 42.6 Å². The summed E-state index contributed by atoms with van der Waals surface area (Å²) in [6.45, 7) is 2.24. The molecule has 1 aliphatic heterocycles. The number of benzene rings is 1. The topological polar surface area (TPSA) is 71.9 Å². The van der Waals surface area contributed by atoms with Gasteiger partial charge in [0.1, 0.15) is 22.9 Å². The minimum Gasteiger partial charge on any atom is -0.506 e. The monoisotopic (exact) mass is 368 g/mol. The van der Waals surface area contributed by atoms with Crippen LogP contribution in [0.2, 0.25) is 0 Å². The van der Waals surface area contributed by atoms with Crippen molar-refractivity contribution in [3.63, 3.8) is 0 Å². The third kappa shape index (κ3) is 4.06. The predicted molar refractivity (Wildman–Crippen MR) is 100 cm³/mol. The molecule has 0 spiro atoms. The molecule has 1 saturated carbocycles. The highest BCUT2D eigenvalue weighted by molar-refractivity contribution is 5.95. The van der Waals surface area contributed by atoms with Crippen LogP contribution in [0.25, 0.3) is 0 Å². The van der Waals surface area contributed by atoms with E-state index in [-0.39, 0.29) is 17.6 Å². The molecule has 1 aromatic heterocycles. The number of carbonyl (C=O) groups is 1. The van der Waals surface area contributed by atoms with Crippen LogP contribution in [0.5, 0.6) is 17.2 Å². The normalized spacial score (nSPS) is 24.6. The summed E-state index contributed by atoms with van der Waals surface area (Å²) in [6.07, 6.45) is 3.61. The Bertz CT molecular complexity index is 777. The van der Waals surface area contributed by atoms with Gasteiger partial charge in [-0.05, 0) is 61.1 Å². The summed E-state index contributed by atoms with van der Waals surface area (Å²) in [7, 11) is 1.66. The highest BCUT2D eigenvalue weighted by Gasteiger charge is 2.42. The maximum absolute atomic E-state index is 12.4. The molecule has 27 heavy (non-hydrogen) atoms. The molecule has 0 bridgehead atoms. The molecular weight excluding hydrogens is 344 g/mol. The Hall–Kier alpha value is -2.60. The first-order valence-electron chi connectivity index (χ1n) is 9.32. The second-order valence-corrected chi connectivity index (χ2v) is 7.43. The van der Waals surface area contributed by atoms with E-state index in [1.54, 1.807) is 13.2 Å². The lowest BCUT2D eigenvalue weighted by molar-refractivity contribution is 0.0931. The van der Waals surface area contributed by atoms with Crippen molar-refractivity contribution in [2.75, 3.05) is 26.7 Å². The Morgan fingerprint density at radius 1 is 1.11 bits per heavy atom. The summed E-state index contributed by atoms with van der Waals surface area (Å²) in [5.41, 5.74) is 0.408. The lowest BCUT2D eigenvalue weighted by Gasteiger charge is -2.19. The number of Topliss-reactive ketones (excluding diaryl/α,β-unsaturated/α-hetero) is 1. The van der Waals surface area contributed by atoms with E-state index in [0.717, 1.165) is 37.4 Å². The van der Waals surface area contributed by atoms with E-state index in [4.69, 9.17) is 9.47 Å². The standard InChI is InChI=1S/C21H24N2O4/c1-26-17-3-5-18(6-4-17)27-19-8-14-11-23(12-15(14)9-19)13-21(25)20-7-2-16(24)10-22-20/h2-7,10,14-15,19,24H,8-9,11-13H2,1H3/t14-,15+,19?. The van der Waals surface area contributed by atoms with Crippen molar-refractivity contribution in [1.29, 1.82) is 0 Å². The summed E-state index contributed by atoms with van der Waals surface area (Å²) in [5, 5.41) is 9.29. The van der Waals surface area contributed by atoms with Gasteiger partial charge in [0.25, 0.3) is 0 Å². The summed E-state index contributed by atoms with van der Waals surface area (Å²) in [5.74, 6) is 2.94. The van der Waals surface area contributed by atoms with Gasteiger partial charge < -0.3 is 14.6 Å². The summed E-state index contributed by atoms with van der Waals surface area (Å²) in [6, 6.07) is 10.8. The first-order chi connectivity index (χ1) is 13.1. The van der Waals surface area contributed by atoms with Crippen molar-refractivity contribution in [2.24, 2.45) is 11.8 Å². The maximum Gasteiger partial charge on any atom is 0.195 e. The zero-order valence-electron chi connectivity index (χ0n) is 15.4. The van der Waals surface area contributed by atoms with Crippen LogP contribution in [-0.2, 0) is 0 Å². The number of ether oxygens (including phenoxy) is 2. The molecule has 2 fully saturated rings. The molecule has 142 valence electrons. The number of nitrogens with zero attached hydrogens (tertiary/aromatic N) is 2. The van der Waals surface area contributed by atoms with Crippen LogP contribution in [0, 0.1) is 11.8 Å². The van der Waals surface area contributed by atoms with E-state index in [1.807, 2.05) is 24.3 Å². The Kier molecular flexibility index (Phi) is 4.99. The molecule has 1 unspecified atom stereocenters. The minimum absolute atomic E-state index is 0.000932. The van der Waals surface area contributed by atoms with E-state index in [0.29, 0.717) is 24.1 Å². The molecule has 1 aromatic carbocycles. The average molecular weight is 368 g/mol. The summed E-state index contributed by atoms with van der Waals surface area (Å²) < 4.78 is 11.3. The summed E-state index contributed by atoms with van der Waals surface area (Å²) in [4.78, 5) is 18.6. The first kappa shape index (κ1) is 17.8. The Morgan fingerprint density at radius 3 is 2.37 bits per heavy atom. The van der Waals surface area contributed by atoms with Crippen LogP contribution in [0.3, 0.4) is 0 Å². The van der Waals surface area contributed by atoms with Gasteiger partial charge in [-0.2, -0.15) is 0 Å². The predicted octanol–water partition coefficient (Wildman–Crippen LogP) is 2.77. The van der Waals surface area contributed by atoms with E-state index in [1.165, 1.54) is 12.3 Å². The van der Waals surface area contributed by atoms with Crippen LogP contribution < -0.4 is 9.47 Å². The number of ketones is 1. The molecule has 3 atom stereocenters. The highest BCUT2D eigenvalue weighted by atomic mass is 16.5. The fourth-order valence-electron chi connectivity index (χ4n) is 4.25. The van der Waals surface area contributed by atoms with E-state index >= 15 is 0 Å². The smallest absolute Gasteiger partial charge is 0.195 e. The Morgan fingerprint density at radius 2 is 1.78 bits per heavy atom. The zero-order chi connectivity index (χ0) is 18.8. The lowest BCUT2D eigenvalue weighted by Crippen LogP contribution is -2.30. The van der Waals surface area contributed by atoms with Gasteiger partial charge in [-0.25, -0.2) is 4.98 Å². The van der Waals surface area contributed by atoms with Crippen molar-refractivity contribution in [3.05, 3.63) is 48.3 Å². The van der Waals surface area contributed by atoms with E-state index in [9.17, 15) is 9.90 Å². The van der Waals surface area contributed by atoms with Gasteiger partial charge >= 0.3 is 0 Å². The second kappa shape index (κ2) is 7.56. The Balaban J connectivity index is 1.27. The number of hydrogen-bond acceptors (Lipinski definition) is 6. The van der Waals surface area contributed by atoms with Crippen molar-refractivity contribution < 1.29 is 19.4 Å². The quantitative estimate of drug-likeness (QED) is 0.791. The van der Waals surface area contributed by atoms with Crippen molar-refractivity contribution in [2.45, 2.75) is 18.9 Å². The second-order valence-electron chi connectivity index (χ2n) is 7.43. The molecule has 6 heteroatoms. The Labute approximate surface area is 158 Å². The molecule has 2 aliphatic rings. The number of pyridine rings is 1. The van der Waals surface area contributed by atoms with Gasteiger partial charge in [0.05, 0.1) is 26.0 Å². The van der Waals surface area contributed by atoms with E-state index < -0.39 is 0 Å². The van der Waals surface area contributed by atoms with Gasteiger partial charge in [-0.1, -0.05) is 0 Å². The number of carbonyl (C=O) groups excluding carboxylic acids is 1. The van der Waals surface area contributed by atoms with E-state index in [2.05, 4.69) is 9.88 Å². The minimum atomic E-state index is 0.000932. The number of aromatic hydroxyl groups is 1. The SMILES string of the molecule is COc1ccc(OC2C[C@@H]3CN(CC(=O)c4ccc(O)cn4)C[C@@H]3C2)cc1. The van der Waals surface area contributed by atoms with Crippen molar-refractivity contribution in [3.8, 4) is 17.2 Å². The third-order valence-electron chi connectivity index (χ3n) is 5.55. The fraction of sp³-hybridized carbons (Fsp3) is 0.429. The molecule has 1 N–H and O–H groups in total. The number of methoxy groups -OCH3 is 1. The molecule has 6 nitrogen and oxygen atoms in total. The third-order valence-corrected chi connectivity index (χ3v) is 5.55. The van der Waals surface area contributed by atoms with Crippen LogP contribution in [-0.4, -0.2) is 53.6 Å². The zero-order valence-corrected chi connectivity index (χ0v) is 15.4. The number of likely N-dealkylation sites (tertiary alicyclic amines) is 1. The molecule has 1 saturated heterocycles. The number of aromatic nitrogens is 1. The maximum atomic E-state index is 12.4. The summed E-state index contributed by atoms with van der Waals surface area (Å²) >= 11 is 0. The molecule has 4 rings (SSSR count). The molecule has 1 aliphatic carbocycles. The van der Waals surface area contributed by atoms with Gasteiger partial charge in [-0.3, -0.25) is 9.69 Å². The number of rotatable bonds is 6. The lowest BCUT2D eigenvalue weighted by atomic mass is 10.0. The molecule has 2 heterocycles. The van der Waals surface area contributed by atoms with Gasteiger partial charge in [-0.15, -0.1) is 0 Å². The van der Waals surface area contributed by atoms with Gasteiger partial charge in [0, 0.05) is 13.1 Å². The van der Waals surface area contributed by atoms with Crippen LogP contribution in [0.4, 0.5) is 0 Å². The fourth-order valence-corrected chi connectivity index (χ4v) is 4.25. The molecule has 2 aromatic rings. The number of fused-ring (bicyclic) bond motifs is 1. The molecule has 0 radical (unpaired) electrons. The average Bonchev–Trinajstić information content (AvgIpc) is 3.20. The van der Waals surface area contributed by atoms with Gasteiger partial charge in [0.2, 0.25) is 0 Å². The van der Waals surface area contributed by atoms with Crippen molar-refractivity contribution >= 4 is 5.78 Å². The largest absolute Gasteiger partial charge is 0.506 e. The van der Waals surface area contributed by atoms with Crippen LogP contribution in [0.1, 0.15) is 23.3 Å². The highest BCUT2D eigenvalue weighted by Crippen LogP contribution is 2.39. The number of hydrogen-bond donors (Lipinski definition) is 1. The molecular formula is C21H24N2O4. The van der Waals surface area contributed by atoms with Crippen LogP contribution >= 0.6 is 0 Å². The van der Waals surface area contributed by atoms with Crippen molar-refractivity contribution in [1.82, 2.24) is 9.88 Å². The van der Waals surface area contributed by atoms with Gasteiger partial charge in [0.15, 0.2) is 5.78 Å².